The van der Waals surface area contributed by atoms with Crippen LogP contribution in [-0.4, -0.2) is 49.9 Å². The molecule has 1 fully saturated rings. The average Bonchev–Trinajstić information content (AvgIpc) is 3.72. The monoisotopic (exact) mass is 653 g/mol. The Kier molecular flexibility index (Phi) is 7.69. The van der Waals surface area contributed by atoms with E-state index in [0.29, 0.717) is 48.3 Å². The van der Waals surface area contributed by atoms with Gasteiger partial charge >= 0.3 is 5.69 Å². The van der Waals surface area contributed by atoms with Crippen molar-refractivity contribution < 1.29 is 19.2 Å². The zero-order chi connectivity index (χ0) is 33.8. The summed E-state index contributed by atoms with van der Waals surface area (Å²) in [5.74, 6) is 1.13. The molecule has 49 heavy (non-hydrogen) atoms. The van der Waals surface area contributed by atoms with Crippen molar-refractivity contribution in [2.75, 3.05) is 18.4 Å². The van der Waals surface area contributed by atoms with E-state index in [1.165, 1.54) is 6.07 Å². The fraction of sp³-hybridized carbons (Fsp3) is 0.256. The number of furan rings is 1. The van der Waals surface area contributed by atoms with Crippen LogP contribution in [0.1, 0.15) is 51.9 Å². The van der Waals surface area contributed by atoms with Crippen LogP contribution in [0.5, 0.6) is 0 Å². The molecule has 6 aromatic rings. The van der Waals surface area contributed by atoms with Gasteiger partial charge in [0.05, 0.1) is 11.0 Å². The van der Waals surface area contributed by atoms with Gasteiger partial charge in [-0.1, -0.05) is 30.3 Å². The second-order valence-corrected chi connectivity index (χ2v) is 13.1. The van der Waals surface area contributed by atoms with Gasteiger partial charge in [0.2, 0.25) is 5.58 Å². The lowest BCUT2D eigenvalue weighted by atomic mass is 9.87. The molecule has 3 aromatic heterocycles. The molecular weight excluding hydrogens is 618 g/mol. The minimum Gasteiger partial charge on any atom is -0.449 e. The number of aliphatic hydroxyl groups excluding tert-OH is 1. The SMILES string of the molecule is Cc1c(Nc2nccc3cc(CN4CC[C@@H](O)C4)cnc23)cccc1-c1cccc(-c2cc3c4c(cc([N+](=O)[O-])c3o2)C(=O)CCC4)c1C. The van der Waals surface area contributed by atoms with E-state index in [1.807, 2.05) is 49.5 Å². The molecule has 1 saturated heterocycles. The summed E-state index contributed by atoms with van der Waals surface area (Å²) in [7, 11) is 0. The second-order valence-electron chi connectivity index (χ2n) is 13.1. The fourth-order valence-corrected chi connectivity index (χ4v) is 7.47. The molecule has 0 bridgehead atoms. The number of non-ortho nitro benzene ring substituents is 1. The lowest BCUT2D eigenvalue weighted by Crippen LogP contribution is -2.21. The number of pyridine rings is 2. The maximum absolute atomic E-state index is 12.7. The summed E-state index contributed by atoms with van der Waals surface area (Å²) in [6, 6.07) is 19.4. The maximum Gasteiger partial charge on any atom is 0.312 e. The van der Waals surface area contributed by atoms with Crippen LogP contribution in [-0.2, 0) is 13.0 Å². The van der Waals surface area contributed by atoms with Gasteiger partial charge in [-0.3, -0.25) is 24.8 Å². The van der Waals surface area contributed by atoms with Gasteiger partial charge in [-0.15, -0.1) is 0 Å². The summed E-state index contributed by atoms with van der Waals surface area (Å²) in [5, 5.41) is 27.1. The third kappa shape index (κ3) is 5.52. The van der Waals surface area contributed by atoms with Gasteiger partial charge in [0, 0.05) is 72.1 Å². The molecule has 1 aliphatic carbocycles. The molecule has 3 aromatic carbocycles. The number of β-amino-alcohol motifs (C(OH)–C–C–N with tert-alkyl or cyclic N) is 1. The first-order valence-corrected chi connectivity index (χ1v) is 16.6. The third-order valence-corrected chi connectivity index (χ3v) is 10.0. The van der Waals surface area contributed by atoms with E-state index >= 15 is 0 Å². The topological polar surface area (TPSA) is 135 Å². The van der Waals surface area contributed by atoms with Crippen LogP contribution in [0.2, 0.25) is 0 Å². The van der Waals surface area contributed by atoms with Crippen LogP contribution in [0.4, 0.5) is 17.2 Å². The number of nitrogens with one attached hydrogen (secondary N) is 1. The van der Waals surface area contributed by atoms with E-state index in [4.69, 9.17) is 9.40 Å². The molecule has 1 atom stereocenters. The molecule has 8 rings (SSSR count). The summed E-state index contributed by atoms with van der Waals surface area (Å²) in [6.07, 6.45) is 6.01. The molecule has 246 valence electrons. The Bertz CT molecular complexity index is 2310. The van der Waals surface area contributed by atoms with Gasteiger partial charge in [-0.2, -0.15) is 0 Å². The first-order valence-electron chi connectivity index (χ1n) is 16.6. The zero-order valence-corrected chi connectivity index (χ0v) is 27.3. The van der Waals surface area contributed by atoms with E-state index < -0.39 is 4.92 Å². The third-order valence-electron chi connectivity index (χ3n) is 10.0. The molecular formula is C39H35N5O5. The number of nitro benzene ring substituents is 1. The largest absolute Gasteiger partial charge is 0.449 e. The number of anilines is 2. The predicted octanol–water partition coefficient (Wildman–Crippen LogP) is 8.06. The number of carbonyl (C=O) groups excluding carboxylic acids is 1. The number of fused-ring (bicyclic) bond motifs is 4. The molecule has 4 heterocycles. The summed E-state index contributed by atoms with van der Waals surface area (Å²) < 4.78 is 6.25. The number of carbonyl (C=O) groups is 1. The minimum atomic E-state index is -0.469. The predicted molar refractivity (Wildman–Crippen MR) is 189 cm³/mol. The Balaban J connectivity index is 1.13. The van der Waals surface area contributed by atoms with E-state index in [1.54, 1.807) is 6.20 Å². The molecule has 2 aliphatic rings. The maximum atomic E-state index is 12.7. The highest BCUT2D eigenvalue weighted by Crippen LogP contribution is 2.42. The van der Waals surface area contributed by atoms with E-state index in [9.17, 15) is 20.0 Å². The number of benzene rings is 3. The number of nitrogens with zero attached hydrogens (tertiary/aromatic N) is 4. The highest BCUT2D eigenvalue weighted by molar-refractivity contribution is 6.06. The fourth-order valence-electron chi connectivity index (χ4n) is 7.47. The lowest BCUT2D eigenvalue weighted by molar-refractivity contribution is -0.383. The Hall–Kier alpha value is -5.45. The van der Waals surface area contributed by atoms with E-state index in [0.717, 1.165) is 75.0 Å². The number of nitro groups is 1. The number of rotatable bonds is 7. The van der Waals surface area contributed by atoms with Crippen molar-refractivity contribution in [3.8, 4) is 22.5 Å². The molecule has 10 heteroatoms. The lowest BCUT2D eigenvalue weighted by Gasteiger charge is -2.17. The number of aryl methyl sites for hydroxylation is 1. The molecule has 0 saturated carbocycles. The average molecular weight is 654 g/mol. The summed E-state index contributed by atoms with van der Waals surface area (Å²) >= 11 is 0. The zero-order valence-electron chi connectivity index (χ0n) is 27.3. The highest BCUT2D eigenvalue weighted by atomic mass is 16.6. The Morgan fingerprint density at radius 1 is 1.00 bits per heavy atom. The number of Topliss-reactive ketones (excluding diaryl/α,β-unsaturated/α-hetero) is 1. The molecule has 2 N–H and O–H groups in total. The van der Waals surface area contributed by atoms with E-state index in [-0.39, 0.29) is 23.2 Å². The van der Waals surface area contributed by atoms with Gasteiger partial charge < -0.3 is 14.8 Å². The number of aliphatic hydroxyl groups is 1. The molecule has 0 unspecified atom stereocenters. The van der Waals surface area contributed by atoms with Gasteiger partial charge in [-0.05, 0) is 90.8 Å². The Morgan fingerprint density at radius 2 is 1.80 bits per heavy atom. The smallest absolute Gasteiger partial charge is 0.312 e. The number of aromatic nitrogens is 2. The number of hydrogen-bond acceptors (Lipinski definition) is 9. The summed E-state index contributed by atoms with van der Waals surface area (Å²) in [6.45, 7) is 6.41. The summed E-state index contributed by atoms with van der Waals surface area (Å²) in [4.78, 5) is 35.9. The molecule has 0 amide bonds. The van der Waals surface area contributed by atoms with Gasteiger partial charge in [0.15, 0.2) is 11.6 Å². The van der Waals surface area contributed by atoms with Crippen LogP contribution in [0.25, 0.3) is 44.3 Å². The Morgan fingerprint density at radius 3 is 2.59 bits per heavy atom. The quantitative estimate of drug-likeness (QED) is 0.130. The second kappa shape index (κ2) is 12.2. The number of hydrogen-bond donors (Lipinski definition) is 2. The van der Waals surface area contributed by atoms with Crippen LogP contribution >= 0.6 is 0 Å². The van der Waals surface area contributed by atoms with Crippen molar-refractivity contribution >= 4 is 44.8 Å². The van der Waals surface area contributed by atoms with Crippen LogP contribution < -0.4 is 5.32 Å². The van der Waals surface area contributed by atoms with Crippen LogP contribution in [0.15, 0.2) is 77.5 Å². The van der Waals surface area contributed by atoms with Crippen molar-refractivity contribution in [2.24, 2.45) is 0 Å². The van der Waals surface area contributed by atoms with Gasteiger partial charge in [0.1, 0.15) is 11.3 Å². The number of likely N-dealkylation sites (tertiary alicyclic amines) is 1. The Labute approximate surface area is 282 Å². The standard InChI is InChI=1S/C39H35N5O5/c1-22-27(6-3-8-29(22)36-18-32-30-9-5-11-35(46)31(30)17-34(44(47)48)38(32)49-36)28-7-4-10-33(23(28)2)42-39-37-25(12-14-40-39)16-24(19-41-37)20-43-15-13-26(45)21-43/h3-4,6-8,10,12,14,16-19,26,45H,5,9,11,13,15,20-21H2,1-2H3,(H,40,42)/t26-/m1/s1. The molecule has 0 radical (unpaired) electrons. The highest BCUT2D eigenvalue weighted by Gasteiger charge is 2.29. The van der Waals surface area contributed by atoms with Crippen molar-refractivity contribution in [3.05, 3.63) is 111 Å². The van der Waals surface area contributed by atoms with E-state index in [2.05, 4.69) is 40.3 Å². The van der Waals surface area contributed by atoms with Gasteiger partial charge in [-0.25, -0.2) is 4.98 Å². The molecule has 0 spiro atoms. The molecule has 10 nitrogen and oxygen atoms in total. The summed E-state index contributed by atoms with van der Waals surface area (Å²) in [5.41, 5.74) is 8.91. The van der Waals surface area contributed by atoms with Crippen LogP contribution in [0.3, 0.4) is 0 Å². The number of ketones is 1. The first-order chi connectivity index (χ1) is 23.7. The molecule has 1 aliphatic heterocycles. The first kappa shape index (κ1) is 30.9. The van der Waals surface area contributed by atoms with Crippen molar-refractivity contribution in [2.45, 2.75) is 52.2 Å². The van der Waals surface area contributed by atoms with Crippen molar-refractivity contribution in [1.29, 1.82) is 0 Å². The van der Waals surface area contributed by atoms with Gasteiger partial charge in [0.25, 0.3) is 0 Å². The van der Waals surface area contributed by atoms with Crippen molar-refractivity contribution in [3.63, 3.8) is 0 Å². The van der Waals surface area contributed by atoms with Crippen molar-refractivity contribution in [1.82, 2.24) is 14.9 Å². The van der Waals surface area contributed by atoms with Crippen LogP contribution in [0, 0.1) is 24.0 Å². The normalized spacial score (nSPS) is 16.4. The minimum absolute atomic E-state index is 0.0607.